The van der Waals surface area contributed by atoms with Crippen LogP contribution in [-0.2, 0) is 6.42 Å². The first-order chi connectivity index (χ1) is 8.70. The molecule has 0 spiro atoms. The second-order valence-electron chi connectivity index (χ2n) is 5.44. The topological polar surface area (TPSA) is 68.2 Å². The summed E-state index contributed by atoms with van der Waals surface area (Å²) in [6, 6.07) is 0.669. The monoisotopic (exact) mass is 252 g/mol. The zero-order valence-electron chi connectivity index (χ0n) is 11.4. The Morgan fingerprint density at radius 2 is 2.17 bits per heavy atom. The summed E-state index contributed by atoms with van der Waals surface area (Å²) in [6.45, 7) is 7.22. The molecule has 2 rings (SSSR count). The number of nitrogens with two attached hydrogens (primary N) is 1. The molecule has 0 aliphatic carbocycles. The minimum absolute atomic E-state index is 0.553. The first kappa shape index (κ1) is 13.3. The van der Waals surface area contributed by atoms with Gasteiger partial charge in [0.1, 0.15) is 0 Å². The zero-order chi connectivity index (χ0) is 13.0. The predicted molar refractivity (Wildman–Crippen MR) is 71.4 cm³/mol. The van der Waals surface area contributed by atoms with Gasteiger partial charge in [0.25, 0.3) is 0 Å². The number of aromatic nitrogens is 2. The molecular formula is C13H24N4O. The fourth-order valence-corrected chi connectivity index (χ4v) is 2.58. The van der Waals surface area contributed by atoms with E-state index in [1.54, 1.807) is 0 Å². The smallest absolute Gasteiger partial charge is 0.318 e. The molecule has 2 N–H and O–H groups in total. The molecule has 5 nitrogen and oxygen atoms in total. The van der Waals surface area contributed by atoms with Gasteiger partial charge in [-0.15, -0.1) is 5.10 Å². The molecule has 0 radical (unpaired) electrons. The van der Waals surface area contributed by atoms with Crippen LogP contribution in [0.3, 0.4) is 0 Å². The third-order valence-electron chi connectivity index (χ3n) is 3.80. The molecule has 1 aromatic heterocycles. The Hall–Kier alpha value is -1.10. The van der Waals surface area contributed by atoms with Gasteiger partial charge >= 0.3 is 6.01 Å². The largest absolute Gasteiger partial charge is 0.408 e. The van der Waals surface area contributed by atoms with Crippen molar-refractivity contribution in [1.82, 2.24) is 10.2 Å². The maximum atomic E-state index is 5.64. The Kier molecular flexibility index (Phi) is 4.58. The SMILES string of the molecule is CC(C)C1CCCN(c2nnc(CCN)o2)CC1. The summed E-state index contributed by atoms with van der Waals surface area (Å²) in [5.41, 5.74) is 5.48. The lowest BCUT2D eigenvalue weighted by Crippen LogP contribution is -2.24. The van der Waals surface area contributed by atoms with Crippen molar-refractivity contribution in [2.24, 2.45) is 17.6 Å². The molecule has 102 valence electrons. The first-order valence-electron chi connectivity index (χ1n) is 6.98. The van der Waals surface area contributed by atoms with Gasteiger partial charge < -0.3 is 15.1 Å². The van der Waals surface area contributed by atoms with Crippen LogP contribution in [-0.4, -0.2) is 29.8 Å². The van der Waals surface area contributed by atoms with E-state index in [1.165, 1.54) is 19.3 Å². The Morgan fingerprint density at radius 3 is 2.89 bits per heavy atom. The standard InChI is InChI=1S/C13H24N4O/c1-10(2)11-4-3-8-17(9-6-11)13-16-15-12(18-13)5-7-14/h10-11H,3-9,14H2,1-2H3. The summed E-state index contributed by atoms with van der Waals surface area (Å²) in [4.78, 5) is 2.22. The number of hydrogen-bond donors (Lipinski definition) is 1. The van der Waals surface area contributed by atoms with E-state index in [-0.39, 0.29) is 0 Å². The molecule has 0 amide bonds. The van der Waals surface area contributed by atoms with Crippen LogP contribution in [0.25, 0.3) is 0 Å². The van der Waals surface area contributed by atoms with Gasteiger partial charge in [0.05, 0.1) is 0 Å². The maximum absolute atomic E-state index is 5.64. The number of hydrogen-bond acceptors (Lipinski definition) is 5. The van der Waals surface area contributed by atoms with Crippen molar-refractivity contribution in [3.05, 3.63) is 5.89 Å². The Labute approximate surface area is 109 Å². The third-order valence-corrected chi connectivity index (χ3v) is 3.80. The highest BCUT2D eigenvalue weighted by Gasteiger charge is 2.22. The number of nitrogens with zero attached hydrogens (tertiary/aromatic N) is 3. The summed E-state index contributed by atoms with van der Waals surface area (Å²) < 4.78 is 5.64. The van der Waals surface area contributed by atoms with Gasteiger partial charge in [-0.2, -0.15) is 0 Å². The molecule has 2 heterocycles. The van der Waals surface area contributed by atoms with E-state index in [4.69, 9.17) is 10.2 Å². The summed E-state index contributed by atoms with van der Waals surface area (Å²) in [7, 11) is 0. The molecule has 18 heavy (non-hydrogen) atoms. The molecule has 1 atom stereocenters. The maximum Gasteiger partial charge on any atom is 0.318 e. The van der Waals surface area contributed by atoms with Crippen molar-refractivity contribution in [3.8, 4) is 0 Å². The van der Waals surface area contributed by atoms with Crippen LogP contribution in [0.2, 0.25) is 0 Å². The summed E-state index contributed by atoms with van der Waals surface area (Å²) in [5.74, 6) is 2.24. The summed E-state index contributed by atoms with van der Waals surface area (Å²) in [6.07, 6.45) is 4.39. The van der Waals surface area contributed by atoms with Crippen molar-refractivity contribution >= 4 is 6.01 Å². The lowest BCUT2D eigenvalue weighted by Gasteiger charge is -2.19. The quantitative estimate of drug-likeness (QED) is 0.885. The van der Waals surface area contributed by atoms with Crippen molar-refractivity contribution in [3.63, 3.8) is 0 Å². The molecule has 0 saturated carbocycles. The second kappa shape index (κ2) is 6.18. The van der Waals surface area contributed by atoms with Crippen LogP contribution in [0.1, 0.15) is 39.0 Å². The highest BCUT2D eigenvalue weighted by Crippen LogP contribution is 2.26. The normalized spacial score (nSPS) is 21.3. The van der Waals surface area contributed by atoms with E-state index < -0.39 is 0 Å². The minimum Gasteiger partial charge on any atom is -0.408 e. The van der Waals surface area contributed by atoms with Gasteiger partial charge in [0.2, 0.25) is 5.89 Å². The van der Waals surface area contributed by atoms with Crippen molar-refractivity contribution in [2.45, 2.75) is 39.5 Å². The van der Waals surface area contributed by atoms with Crippen molar-refractivity contribution in [1.29, 1.82) is 0 Å². The van der Waals surface area contributed by atoms with Gasteiger partial charge in [0, 0.05) is 26.1 Å². The molecule has 0 bridgehead atoms. The van der Waals surface area contributed by atoms with Crippen LogP contribution in [0, 0.1) is 11.8 Å². The van der Waals surface area contributed by atoms with Gasteiger partial charge in [-0.25, -0.2) is 0 Å². The number of anilines is 1. The fraction of sp³-hybridized carbons (Fsp3) is 0.846. The molecule has 1 aliphatic heterocycles. The third kappa shape index (κ3) is 3.22. The average molecular weight is 252 g/mol. The van der Waals surface area contributed by atoms with Gasteiger partial charge in [-0.3, -0.25) is 0 Å². The molecule has 5 heteroatoms. The lowest BCUT2D eigenvalue weighted by molar-refractivity contribution is 0.350. The van der Waals surface area contributed by atoms with Crippen LogP contribution in [0.5, 0.6) is 0 Å². The van der Waals surface area contributed by atoms with E-state index in [0.717, 1.165) is 24.9 Å². The predicted octanol–water partition coefficient (Wildman–Crippen LogP) is 1.83. The molecule has 1 saturated heterocycles. The van der Waals surface area contributed by atoms with Crippen molar-refractivity contribution < 1.29 is 4.42 Å². The van der Waals surface area contributed by atoms with E-state index in [2.05, 4.69) is 28.9 Å². The molecular weight excluding hydrogens is 228 g/mol. The van der Waals surface area contributed by atoms with Gasteiger partial charge in [0.15, 0.2) is 0 Å². The van der Waals surface area contributed by atoms with Crippen molar-refractivity contribution in [2.75, 3.05) is 24.5 Å². The summed E-state index contributed by atoms with van der Waals surface area (Å²) >= 11 is 0. The minimum atomic E-state index is 0.553. The molecule has 1 fully saturated rings. The fourth-order valence-electron chi connectivity index (χ4n) is 2.58. The molecule has 1 aliphatic rings. The molecule has 1 unspecified atom stereocenters. The van der Waals surface area contributed by atoms with E-state index in [0.29, 0.717) is 24.9 Å². The second-order valence-corrected chi connectivity index (χ2v) is 5.44. The zero-order valence-corrected chi connectivity index (χ0v) is 11.4. The van der Waals surface area contributed by atoms with Crippen LogP contribution in [0.4, 0.5) is 6.01 Å². The van der Waals surface area contributed by atoms with E-state index in [1.807, 2.05) is 0 Å². The Balaban J connectivity index is 1.96. The number of rotatable bonds is 4. The van der Waals surface area contributed by atoms with Crippen LogP contribution in [0.15, 0.2) is 4.42 Å². The lowest BCUT2D eigenvalue weighted by atomic mass is 9.89. The van der Waals surface area contributed by atoms with Crippen LogP contribution < -0.4 is 10.6 Å². The van der Waals surface area contributed by atoms with Crippen LogP contribution >= 0.6 is 0 Å². The highest BCUT2D eigenvalue weighted by molar-refractivity contribution is 5.24. The summed E-state index contributed by atoms with van der Waals surface area (Å²) in [5, 5.41) is 8.15. The average Bonchev–Trinajstić information content (AvgIpc) is 2.65. The molecule has 0 aromatic carbocycles. The Morgan fingerprint density at radius 1 is 1.33 bits per heavy atom. The van der Waals surface area contributed by atoms with E-state index in [9.17, 15) is 0 Å². The Bertz CT molecular complexity index is 364. The van der Waals surface area contributed by atoms with E-state index >= 15 is 0 Å². The first-order valence-corrected chi connectivity index (χ1v) is 6.98. The van der Waals surface area contributed by atoms with Gasteiger partial charge in [-0.05, 0) is 31.1 Å². The van der Waals surface area contributed by atoms with Gasteiger partial charge in [-0.1, -0.05) is 18.9 Å². The highest BCUT2D eigenvalue weighted by atomic mass is 16.4. The molecule has 1 aromatic rings.